The van der Waals surface area contributed by atoms with Crippen LogP contribution < -0.4 is 10.1 Å². The largest absolute Gasteiger partial charge is 0.475 e. The highest BCUT2D eigenvalue weighted by molar-refractivity contribution is 6.29. The molecule has 0 aliphatic carbocycles. The molecular weight excluding hydrogens is 304 g/mol. The Hall–Kier alpha value is -1.76. The average Bonchev–Trinajstić information content (AvgIpc) is 2.55. The monoisotopic (exact) mass is 320 g/mol. The number of hydrogen-bond donors (Lipinski definition) is 1. The van der Waals surface area contributed by atoms with Crippen LogP contribution in [-0.2, 0) is 17.7 Å². The Labute approximate surface area is 133 Å². The molecule has 0 bridgehead atoms. The predicted molar refractivity (Wildman–Crippen MR) is 83.1 cm³/mol. The van der Waals surface area contributed by atoms with Gasteiger partial charge in [-0.25, -0.2) is 9.97 Å². The van der Waals surface area contributed by atoms with Crippen LogP contribution in [0.2, 0.25) is 5.15 Å². The van der Waals surface area contributed by atoms with Gasteiger partial charge in [0.2, 0.25) is 5.88 Å². The first-order valence-electron chi connectivity index (χ1n) is 7.12. The lowest BCUT2D eigenvalue weighted by atomic mass is 10.1. The fourth-order valence-corrected chi connectivity index (χ4v) is 2.40. The van der Waals surface area contributed by atoms with Crippen molar-refractivity contribution in [2.75, 3.05) is 26.9 Å². The Morgan fingerprint density at radius 2 is 2.18 bits per heavy atom. The predicted octanol–water partition coefficient (Wildman–Crippen LogP) is 1.86. The van der Waals surface area contributed by atoms with E-state index in [9.17, 15) is 0 Å². The van der Waals surface area contributed by atoms with Crippen LogP contribution in [0.1, 0.15) is 11.3 Å². The minimum Gasteiger partial charge on any atom is -0.475 e. The van der Waals surface area contributed by atoms with Crippen molar-refractivity contribution in [2.45, 2.75) is 13.0 Å². The van der Waals surface area contributed by atoms with Crippen LogP contribution in [0.3, 0.4) is 0 Å². The minimum atomic E-state index is 0.447. The number of pyridine rings is 1. The van der Waals surface area contributed by atoms with E-state index in [1.54, 1.807) is 19.4 Å². The lowest BCUT2D eigenvalue weighted by molar-refractivity contribution is 0.142. The summed E-state index contributed by atoms with van der Waals surface area (Å²) in [5.41, 5.74) is 2.86. The van der Waals surface area contributed by atoms with Crippen molar-refractivity contribution in [3.05, 3.63) is 34.7 Å². The van der Waals surface area contributed by atoms with Gasteiger partial charge in [0.05, 0.1) is 12.3 Å². The Balaban J connectivity index is 1.96. The van der Waals surface area contributed by atoms with Crippen molar-refractivity contribution in [3.63, 3.8) is 0 Å². The second-order valence-corrected chi connectivity index (χ2v) is 5.30. The number of halogens is 1. The van der Waals surface area contributed by atoms with Gasteiger partial charge in [-0.2, -0.15) is 4.98 Å². The maximum absolute atomic E-state index is 5.83. The van der Waals surface area contributed by atoms with Crippen molar-refractivity contribution in [1.29, 1.82) is 0 Å². The first-order valence-corrected chi connectivity index (χ1v) is 7.50. The summed E-state index contributed by atoms with van der Waals surface area (Å²) in [6.45, 7) is 2.60. The highest BCUT2D eigenvalue weighted by Gasteiger charge is 2.19. The number of nitrogens with zero attached hydrogens (tertiary/aromatic N) is 3. The van der Waals surface area contributed by atoms with Gasteiger partial charge < -0.3 is 14.8 Å². The van der Waals surface area contributed by atoms with Crippen molar-refractivity contribution in [2.24, 2.45) is 0 Å². The topological polar surface area (TPSA) is 69.2 Å². The third-order valence-corrected chi connectivity index (χ3v) is 3.63. The summed E-state index contributed by atoms with van der Waals surface area (Å²) < 4.78 is 10.8. The Kier molecular flexibility index (Phi) is 4.82. The number of nitrogens with one attached hydrogen (secondary N) is 1. The molecule has 3 rings (SSSR count). The van der Waals surface area contributed by atoms with Gasteiger partial charge in [-0.15, -0.1) is 0 Å². The SMILES string of the molecule is COCCOc1nc(-c2ccc(Cl)nc2)nc2c1CNCC2. The van der Waals surface area contributed by atoms with E-state index in [2.05, 4.69) is 20.3 Å². The van der Waals surface area contributed by atoms with Crippen LogP contribution in [0.15, 0.2) is 18.3 Å². The number of rotatable bonds is 5. The Morgan fingerprint density at radius 3 is 2.95 bits per heavy atom. The number of ether oxygens (including phenoxy) is 2. The lowest BCUT2D eigenvalue weighted by Gasteiger charge is -2.20. The van der Waals surface area contributed by atoms with Crippen LogP contribution in [0.4, 0.5) is 0 Å². The average molecular weight is 321 g/mol. The van der Waals surface area contributed by atoms with E-state index in [4.69, 9.17) is 21.1 Å². The molecule has 0 unspecified atom stereocenters. The van der Waals surface area contributed by atoms with Gasteiger partial charge in [0.25, 0.3) is 0 Å². The fourth-order valence-electron chi connectivity index (χ4n) is 2.29. The molecule has 1 aliphatic heterocycles. The zero-order valence-electron chi connectivity index (χ0n) is 12.3. The van der Waals surface area contributed by atoms with Crippen molar-refractivity contribution in [3.8, 4) is 17.3 Å². The molecular formula is C15H17ClN4O2. The molecule has 0 amide bonds. The second kappa shape index (κ2) is 7.00. The molecule has 0 saturated heterocycles. The first kappa shape index (κ1) is 15.1. The number of aromatic nitrogens is 3. The van der Waals surface area contributed by atoms with E-state index in [0.717, 1.165) is 36.3 Å². The van der Waals surface area contributed by atoms with E-state index < -0.39 is 0 Å². The second-order valence-electron chi connectivity index (χ2n) is 4.92. The minimum absolute atomic E-state index is 0.447. The summed E-state index contributed by atoms with van der Waals surface area (Å²) >= 11 is 5.83. The normalized spacial score (nSPS) is 13.7. The molecule has 0 radical (unpaired) electrons. The smallest absolute Gasteiger partial charge is 0.221 e. The zero-order chi connectivity index (χ0) is 15.4. The summed E-state index contributed by atoms with van der Waals surface area (Å²) in [5, 5.41) is 3.76. The van der Waals surface area contributed by atoms with Gasteiger partial charge in [-0.3, -0.25) is 0 Å². The highest BCUT2D eigenvalue weighted by atomic mass is 35.5. The van der Waals surface area contributed by atoms with Crippen LogP contribution in [0, 0.1) is 0 Å². The summed E-state index contributed by atoms with van der Waals surface area (Å²) in [6, 6.07) is 3.59. The highest BCUT2D eigenvalue weighted by Crippen LogP contribution is 2.26. The van der Waals surface area contributed by atoms with Crippen molar-refractivity contribution in [1.82, 2.24) is 20.3 Å². The van der Waals surface area contributed by atoms with Gasteiger partial charge in [0.15, 0.2) is 5.82 Å². The van der Waals surface area contributed by atoms with Crippen LogP contribution in [-0.4, -0.2) is 41.8 Å². The van der Waals surface area contributed by atoms with Gasteiger partial charge in [-0.05, 0) is 12.1 Å². The Bertz CT molecular complexity index is 649. The molecule has 2 aromatic heterocycles. The van der Waals surface area contributed by atoms with Gasteiger partial charge in [0, 0.05) is 43.9 Å². The van der Waals surface area contributed by atoms with Crippen LogP contribution in [0.5, 0.6) is 5.88 Å². The first-order chi connectivity index (χ1) is 10.8. The van der Waals surface area contributed by atoms with Gasteiger partial charge in [0.1, 0.15) is 11.8 Å². The standard InChI is InChI=1S/C15H17ClN4O2/c1-21-6-7-22-15-11-9-17-5-4-12(11)19-14(20-15)10-2-3-13(16)18-8-10/h2-3,8,17H,4-7,9H2,1H3. The molecule has 22 heavy (non-hydrogen) atoms. The molecule has 7 heteroatoms. The molecule has 0 fully saturated rings. The van der Waals surface area contributed by atoms with Crippen LogP contribution >= 0.6 is 11.6 Å². The number of methoxy groups -OCH3 is 1. The van der Waals surface area contributed by atoms with E-state index in [-0.39, 0.29) is 0 Å². The number of fused-ring (bicyclic) bond motifs is 1. The van der Waals surface area contributed by atoms with Crippen LogP contribution in [0.25, 0.3) is 11.4 Å². The third kappa shape index (κ3) is 3.35. The molecule has 0 aromatic carbocycles. The lowest BCUT2D eigenvalue weighted by Crippen LogP contribution is -2.26. The molecule has 1 N–H and O–H groups in total. The van der Waals surface area contributed by atoms with Crippen molar-refractivity contribution < 1.29 is 9.47 Å². The summed E-state index contributed by atoms with van der Waals surface area (Å²) in [4.78, 5) is 13.3. The maximum atomic E-state index is 5.83. The zero-order valence-corrected chi connectivity index (χ0v) is 13.1. The molecule has 0 atom stereocenters. The van der Waals surface area contributed by atoms with E-state index in [0.29, 0.717) is 30.1 Å². The third-order valence-electron chi connectivity index (χ3n) is 3.41. The molecule has 0 spiro atoms. The number of hydrogen-bond acceptors (Lipinski definition) is 6. The summed E-state index contributed by atoms with van der Waals surface area (Å²) in [7, 11) is 1.64. The van der Waals surface area contributed by atoms with E-state index in [1.165, 1.54) is 0 Å². The molecule has 116 valence electrons. The molecule has 1 aliphatic rings. The fraction of sp³-hybridized carbons (Fsp3) is 0.400. The Morgan fingerprint density at radius 1 is 1.27 bits per heavy atom. The quantitative estimate of drug-likeness (QED) is 0.670. The van der Waals surface area contributed by atoms with Crippen molar-refractivity contribution >= 4 is 11.6 Å². The molecule has 3 heterocycles. The summed E-state index contributed by atoms with van der Waals surface area (Å²) in [6.07, 6.45) is 2.52. The van der Waals surface area contributed by atoms with E-state index >= 15 is 0 Å². The molecule has 6 nitrogen and oxygen atoms in total. The summed E-state index contributed by atoms with van der Waals surface area (Å²) in [5.74, 6) is 1.22. The molecule has 2 aromatic rings. The van der Waals surface area contributed by atoms with E-state index in [1.807, 2.05) is 6.07 Å². The molecule has 0 saturated carbocycles. The maximum Gasteiger partial charge on any atom is 0.221 e. The van der Waals surface area contributed by atoms with Gasteiger partial charge >= 0.3 is 0 Å². The van der Waals surface area contributed by atoms with Gasteiger partial charge in [-0.1, -0.05) is 11.6 Å².